The highest BCUT2D eigenvalue weighted by molar-refractivity contribution is 5.41. The number of hydrogen-bond donors (Lipinski definition) is 0. The number of methoxy groups -OCH3 is 3. The Hall–Kier alpha value is -5.10. The highest BCUT2D eigenvalue weighted by atomic mass is 16.5. The van der Waals surface area contributed by atoms with E-state index < -0.39 is 0 Å². The molecule has 4 aromatic carbocycles. The molecule has 0 unspecified atom stereocenters. The van der Waals surface area contributed by atoms with E-state index in [1.54, 1.807) is 40.1 Å². The summed E-state index contributed by atoms with van der Waals surface area (Å²) in [4.78, 5) is 0. The van der Waals surface area contributed by atoms with Gasteiger partial charge in [0.25, 0.3) is 0 Å². The highest BCUT2D eigenvalue weighted by Crippen LogP contribution is 2.18. The first-order valence-corrected chi connectivity index (χ1v) is 12.0. The van der Waals surface area contributed by atoms with Gasteiger partial charge in [0.15, 0.2) is 0 Å². The first-order valence-electron chi connectivity index (χ1n) is 12.0. The Morgan fingerprint density at radius 3 is 0.795 bits per heavy atom. The van der Waals surface area contributed by atoms with E-state index in [2.05, 4.69) is 19.7 Å². The van der Waals surface area contributed by atoms with E-state index in [9.17, 15) is 0 Å². The molecule has 0 radical (unpaired) electrons. The molecule has 0 aliphatic heterocycles. The van der Waals surface area contributed by atoms with Gasteiger partial charge in [0.2, 0.25) is 0 Å². The fraction of sp³-hybridized carbons (Fsp3) is 0.0909. The van der Waals surface area contributed by atoms with Crippen LogP contribution in [0.1, 0.15) is 0 Å². The van der Waals surface area contributed by atoms with E-state index >= 15 is 0 Å². The van der Waals surface area contributed by atoms with Crippen LogP contribution in [0.15, 0.2) is 72.8 Å². The van der Waals surface area contributed by atoms with Gasteiger partial charge in [-0.15, -0.1) is 0 Å². The molecule has 0 atom stereocenters. The van der Waals surface area contributed by atoms with Crippen LogP contribution in [-0.2, 0) is 0 Å². The molecule has 39 heavy (non-hydrogen) atoms. The Bertz CT molecular complexity index is 1510. The van der Waals surface area contributed by atoms with Crippen LogP contribution in [0.4, 0.5) is 0 Å². The van der Waals surface area contributed by atoms with Crippen molar-refractivity contribution in [2.45, 2.75) is 0 Å². The Balaban J connectivity index is 1.82. The van der Waals surface area contributed by atoms with Crippen LogP contribution in [-0.4, -0.2) is 21.3 Å². The van der Waals surface area contributed by atoms with Crippen LogP contribution in [0.2, 0.25) is 0 Å². The van der Waals surface area contributed by atoms with Gasteiger partial charge in [-0.25, -0.2) is 0 Å². The van der Waals surface area contributed by atoms with Gasteiger partial charge in [-0.2, -0.15) is 0 Å². The third-order valence-electron chi connectivity index (χ3n) is 6.07. The molecular formula is C33H30O6. The van der Waals surface area contributed by atoms with Crippen molar-refractivity contribution < 1.29 is 28.4 Å². The zero-order valence-electron chi connectivity index (χ0n) is 22.2. The third-order valence-corrected chi connectivity index (χ3v) is 6.07. The zero-order chi connectivity index (χ0) is 27.8. The molecule has 6 nitrogen and oxygen atoms in total. The monoisotopic (exact) mass is 522 g/mol. The molecule has 0 aliphatic carbocycles. The minimum Gasteiger partial charge on any atom is -0.497 e. The summed E-state index contributed by atoms with van der Waals surface area (Å²) in [6.07, 6.45) is 4.84. The smallest absolute Gasteiger partial charge is 0.126 e. The van der Waals surface area contributed by atoms with Crippen molar-refractivity contribution >= 4 is 38.5 Å². The molecule has 0 spiro atoms. The van der Waals surface area contributed by atoms with Crippen molar-refractivity contribution in [3.8, 4) is 34.5 Å². The average molecular weight is 523 g/mol. The largest absolute Gasteiger partial charge is 0.497 e. The molecular weight excluding hydrogens is 492 g/mol. The van der Waals surface area contributed by atoms with Gasteiger partial charge < -0.3 is 28.4 Å². The predicted octanol–water partition coefficient (Wildman–Crippen LogP) is 2.39. The number of hydrogen-bond acceptors (Lipinski definition) is 6. The van der Waals surface area contributed by atoms with Crippen molar-refractivity contribution in [1.29, 1.82) is 0 Å². The fourth-order valence-electron chi connectivity index (χ4n) is 3.75. The first kappa shape index (κ1) is 26.9. The first-order chi connectivity index (χ1) is 18.9. The standard InChI is InChI=1S/C33H30O6/c1-22-31(19-37-28-13-7-25(34-4)8-14-28)23(2)33(21-39-30-17-11-27(36-6)12-18-30)24(3)32(22)20-38-29-15-9-26(35-5)10-16-29/h7-21H,1-3H2,4-6H3. The van der Waals surface area contributed by atoms with Gasteiger partial charge in [0, 0.05) is 15.7 Å². The lowest BCUT2D eigenvalue weighted by Gasteiger charge is -2.06. The maximum Gasteiger partial charge on any atom is 0.126 e. The van der Waals surface area contributed by atoms with Gasteiger partial charge in [-0.1, -0.05) is 19.7 Å². The maximum atomic E-state index is 5.96. The molecule has 0 aromatic heterocycles. The van der Waals surface area contributed by atoms with Crippen LogP contribution in [0.25, 0.3) is 38.5 Å². The molecule has 0 bridgehead atoms. The third kappa shape index (κ3) is 6.43. The van der Waals surface area contributed by atoms with Crippen LogP contribution in [0.5, 0.6) is 34.5 Å². The summed E-state index contributed by atoms with van der Waals surface area (Å²) in [7, 11) is 4.85. The van der Waals surface area contributed by atoms with Crippen molar-refractivity contribution in [2.75, 3.05) is 21.3 Å². The number of ether oxygens (including phenoxy) is 6. The lowest BCUT2D eigenvalue weighted by Crippen LogP contribution is -2.64. The summed E-state index contributed by atoms with van der Waals surface area (Å²) >= 11 is 0. The molecule has 4 aromatic rings. The summed E-state index contributed by atoms with van der Waals surface area (Å²) in [5.74, 6) is 4.11. The normalized spacial score (nSPS) is 10.2. The van der Waals surface area contributed by atoms with E-state index in [0.29, 0.717) is 48.6 Å². The summed E-state index contributed by atoms with van der Waals surface area (Å²) in [6, 6.07) is 21.8. The van der Waals surface area contributed by atoms with Crippen molar-refractivity contribution in [3.63, 3.8) is 0 Å². The van der Waals surface area contributed by atoms with Gasteiger partial charge >= 0.3 is 0 Å². The Labute approximate surface area is 226 Å². The molecule has 0 N–H and O–H groups in total. The number of rotatable bonds is 9. The SMILES string of the molecule is C=c1c(=COc2ccc(OC)cc2)c(=C)c(=COc2ccc(OC)cc2)c(=C)c1=COc1ccc(OC)cc1. The molecule has 0 saturated carbocycles. The zero-order valence-corrected chi connectivity index (χ0v) is 22.2. The molecule has 0 fully saturated rings. The van der Waals surface area contributed by atoms with Gasteiger partial charge in [-0.05, 0) is 88.5 Å². The minimum absolute atomic E-state index is 0.633. The molecule has 0 aliphatic rings. The summed E-state index contributed by atoms with van der Waals surface area (Å²) < 4.78 is 33.6. The predicted molar refractivity (Wildman–Crippen MR) is 155 cm³/mol. The van der Waals surface area contributed by atoms with E-state index in [-0.39, 0.29) is 0 Å². The Morgan fingerprint density at radius 1 is 0.385 bits per heavy atom. The minimum atomic E-state index is 0.633. The summed E-state index contributed by atoms with van der Waals surface area (Å²) in [5, 5.41) is 3.96. The lowest BCUT2D eigenvalue weighted by molar-refractivity contribution is 0.413. The molecule has 0 heterocycles. The van der Waals surface area contributed by atoms with Gasteiger partial charge in [-0.3, -0.25) is 0 Å². The van der Waals surface area contributed by atoms with Crippen molar-refractivity contribution in [1.82, 2.24) is 0 Å². The second-order valence-electron chi connectivity index (χ2n) is 8.41. The summed E-state index contributed by atoms with van der Waals surface area (Å²) in [5.41, 5.74) is 0. The van der Waals surface area contributed by atoms with E-state index in [0.717, 1.165) is 17.2 Å². The number of benzene rings is 4. The molecule has 0 saturated heterocycles. The summed E-state index contributed by atoms with van der Waals surface area (Å²) in [6.45, 7) is 12.9. The van der Waals surface area contributed by atoms with Gasteiger partial charge in [0.1, 0.15) is 34.5 Å². The lowest BCUT2D eigenvalue weighted by atomic mass is 10.1. The Kier molecular flexibility index (Phi) is 8.59. The van der Waals surface area contributed by atoms with E-state index in [1.165, 1.54) is 0 Å². The molecule has 6 heteroatoms. The fourth-order valence-corrected chi connectivity index (χ4v) is 3.75. The van der Waals surface area contributed by atoms with Crippen LogP contribution >= 0.6 is 0 Å². The van der Waals surface area contributed by atoms with E-state index in [4.69, 9.17) is 28.4 Å². The quantitative estimate of drug-likeness (QED) is 0.337. The van der Waals surface area contributed by atoms with Crippen LogP contribution in [0, 0.1) is 0 Å². The second kappa shape index (κ2) is 12.4. The molecule has 4 rings (SSSR count). The van der Waals surface area contributed by atoms with Crippen LogP contribution < -0.4 is 59.7 Å². The van der Waals surface area contributed by atoms with E-state index in [1.807, 2.05) is 72.8 Å². The van der Waals surface area contributed by atoms with Gasteiger partial charge in [0.05, 0.1) is 40.1 Å². The Morgan fingerprint density at radius 2 is 0.590 bits per heavy atom. The maximum absolute atomic E-state index is 5.96. The second-order valence-corrected chi connectivity index (χ2v) is 8.41. The van der Waals surface area contributed by atoms with Crippen LogP contribution in [0.3, 0.4) is 0 Å². The molecule has 198 valence electrons. The average Bonchev–Trinajstić information content (AvgIpc) is 2.97. The highest BCUT2D eigenvalue weighted by Gasteiger charge is 2.01. The molecule has 0 amide bonds. The van der Waals surface area contributed by atoms with Crippen molar-refractivity contribution in [2.24, 2.45) is 0 Å². The topological polar surface area (TPSA) is 55.4 Å². The van der Waals surface area contributed by atoms with Crippen molar-refractivity contribution in [3.05, 3.63) is 104 Å².